The van der Waals surface area contributed by atoms with Crippen LogP contribution in [0.2, 0.25) is 0 Å². The van der Waals surface area contributed by atoms with E-state index in [1.54, 1.807) is 7.05 Å². The molecule has 0 saturated heterocycles. The average Bonchev–Trinajstić information content (AvgIpc) is 2.79. The number of carbonyl (C=O) groups excluding carboxylic acids is 1. The molecule has 0 spiro atoms. The number of aromatic nitrogens is 3. The summed E-state index contributed by atoms with van der Waals surface area (Å²) < 4.78 is 0. The van der Waals surface area contributed by atoms with Crippen molar-refractivity contribution in [3.63, 3.8) is 0 Å². The van der Waals surface area contributed by atoms with Crippen molar-refractivity contribution in [2.24, 2.45) is 0 Å². The maximum Gasteiger partial charge on any atom is 0.213 e. The minimum absolute atomic E-state index is 0.591. The first kappa shape index (κ1) is 17.5. The van der Waals surface area contributed by atoms with Crippen LogP contribution >= 0.6 is 0 Å². The van der Waals surface area contributed by atoms with Crippen LogP contribution in [0.3, 0.4) is 0 Å². The smallest absolute Gasteiger partial charge is 0.213 e. The van der Waals surface area contributed by atoms with Gasteiger partial charge >= 0.3 is 0 Å². The second kappa shape index (κ2) is 7.80. The summed E-state index contributed by atoms with van der Waals surface area (Å²) in [5.41, 5.74) is 3.53. The van der Waals surface area contributed by atoms with Crippen molar-refractivity contribution in [2.45, 2.75) is 0 Å². The lowest BCUT2D eigenvalue weighted by Crippen LogP contribution is -2.13. The molecular formula is C23H18N4O. The molecule has 1 amide bonds. The molecule has 0 atom stereocenters. The Morgan fingerprint density at radius 2 is 1.00 bits per heavy atom. The van der Waals surface area contributed by atoms with Gasteiger partial charge in [-0.2, -0.15) is 0 Å². The Balaban J connectivity index is 1.83. The van der Waals surface area contributed by atoms with Crippen molar-refractivity contribution >= 4 is 12.1 Å². The molecule has 0 fully saturated rings. The molecular weight excluding hydrogens is 348 g/mol. The van der Waals surface area contributed by atoms with Crippen LogP contribution < -0.4 is 4.90 Å². The van der Waals surface area contributed by atoms with E-state index in [2.05, 4.69) is 15.0 Å². The second-order valence-electron chi connectivity index (χ2n) is 6.30. The quantitative estimate of drug-likeness (QED) is 0.489. The van der Waals surface area contributed by atoms with E-state index in [4.69, 9.17) is 0 Å². The minimum atomic E-state index is 0.591. The standard InChI is InChI=1S/C23H18N4O/c1-27(16-28)20-14-12-19(13-15-20)23-25-21(17-8-4-2-5-9-17)24-22(26-23)18-10-6-3-7-11-18/h2-16H,1H3. The molecule has 5 nitrogen and oxygen atoms in total. The monoisotopic (exact) mass is 366 g/mol. The highest BCUT2D eigenvalue weighted by molar-refractivity contribution is 5.75. The van der Waals surface area contributed by atoms with E-state index in [1.807, 2.05) is 84.9 Å². The second-order valence-corrected chi connectivity index (χ2v) is 6.30. The van der Waals surface area contributed by atoms with Gasteiger partial charge in [-0.25, -0.2) is 15.0 Å². The zero-order chi connectivity index (χ0) is 19.3. The Labute approximate surface area is 163 Å². The number of hydrogen-bond donors (Lipinski definition) is 0. The van der Waals surface area contributed by atoms with Crippen molar-refractivity contribution in [1.29, 1.82) is 0 Å². The normalized spacial score (nSPS) is 10.5. The summed E-state index contributed by atoms with van der Waals surface area (Å²) in [5, 5.41) is 0. The third-order valence-electron chi connectivity index (χ3n) is 4.39. The largest absolute Gasteiger partial charge is 0.318 e. The van der Waals surface area contributed by atoms with Crippen molar-refractivity contribution in [2.75, 3.05) is 11.9 Å². The van der Waals surface area contributed by atoms with Gasteiger partial charge in [0, 0.05) is 29.4 Å². The Hall–Kier alpha value is -3.86. The molecule has 0 aliphatic carbocycles. The van der Waals surface area contributed by atoms with Crippen molar-refractivity contribution < 1.29 is 4.79 Å². The van der Waals surface area contributed by atoms with Crippen molar-refractivity contribution in [3.8, 4) is 34.2 Å². The molecule has 0 aliphatic rings. The Morgan fingerprint density at radius 3 is 1.39 bits per heavy atom. The van der Waals surface area contributed by atoms with Crippen LogP contribution in [0.5, 0.6) is 0 Å². The summed E-state index contributed by atoms with van der Waals surface area (Å²) in [4.78, 5) is 26.5. The molecule has 4 aromatic rings. The summed E-state index contributed by atoms with van der Waals surface area (Å²) in [7, 11) is 1.71. The number of nitrogens with zero attached hydrogens (tertiary/aromatic N) is 4. The molecule has 5 heteroatoms. The van der Waals surface area contributed by atoms with Gasteiger partial charge in [0.15, 0.2) is 17.5 Å². The maximum absolute atomic E-state index is 11.0. The minimum Gasteiger partial charge on any atom is -0.318 e. The molecule has 0 radical (unpaired) electrons. The molecule has 3 aromatic carbocycles. The van der Waals surface area contributed by atoms with Gasteiger partial charge in [-0.05, 0) is 24.3 Å². The van der Waals surface area contributed by atoms with Crippen LogP contribution in [-0.2, 0) is 4.79 Å². The Bertz CT molecular complexity index is 1020. The number of anilines is 1. The van der Waals surface area contributed by atoms with Crippen LogP contribution in [0.15, 0.2) is 84.9 Å². The first-order valence-electron chi connectivity index (χ1n) is 8.90. The number of rotatable bonds is 5. The fourth-order valence-electron chi connectivity index (χ4n) is 2.84. The van der Waals surface area contributed by atoms with Gasteiger partial charge in [0.1, 0.15) is 0 Å². The fourth-order valence-corrected chi connectivity index (χ4v) is 2.84. The molecule has 136 valence electrons. The predicted octanol–water partition coefficient (Wildman–Crippen LogP) is 4.47. The third kappa shape index (κ3) is 3.64. The van der Waals surface area contributed by atoms with Gasteiger partial charge in [0.2, 0.25) is 6.41 Å². The molecule has 0 aliphatic heterocycles. The zero-order valence-corrected chi connectivity index (χ0v) is 15.4. The zero-order valence-electron chi connectivity index (χ0n) is 15.4. The van der Waals surface area contributed by atoms with E-state index in [0.717, 1.165) is 28.8 Å². The molecule has 0 saturated carbocycles. The molecule has 0 unspecified atom stereocenters. The van der Waals surface area contributed by atoms with Gasteiger partial charge in [-0.15, -0.1) is 0 Å². The van der Waals surface area contributed by atoms with Crippen LogP contribution in [0, 0.1) is 0 Å². The van der Waals surface area contributed by atoms with Gasteiger partial charge in [-0.3, -0.25) is 4.79 Å². The number of benzene rings is 3. The Morgan fingerprint density at radius 1 is 0.607 bits per heavy atom. The topological polar surface area (TPSA) is 59.0 Å². The van der Waals surface area contributed by atoms with Crippen molar-refractivity contribution in [1.82, 2.24) is 15.0 Å². The SMILES string of the molecule is CN(C=O)c1ccc(-c2nc(-c3ccccc3)nc(-c3ccccc3)n2)cc1. The maximum atomic E-state index is 11.0. The summed E-state index contributed by atoms with van der Waals surface area (Å²) in [6.45, 7) is 0. The lowest BCUT2D eigenvalue weighted by molar-refractivity contribution is -0.107. The summed E-state index contributed by atoms with van der Waals surface area (Å²) in [6, 6.07) is 27.3. The highest BCUT2D eigenvalue weighted by Crippen LogP contribution is 2.25. The van der Waals surface area contributed by atoms with E-state index in [9.17, 15) is 4.79 Å². The number of amides is 1. The number of hydrogen-bond acceptors (Lipinski definition) is 4. The lowest BCUT2D eigenvalue weighted by atomic mass is 10.1. The Kier molecular flexibility index (Phi) is 4.89. The van der Waals surface area contributed by atoms with Crippen molar-refractivity contribution in [3.05, 3.63) is 84.9 Å². The average molecular weight is 366 g/mol. The van der Waals surface area contributed by atoms with Crippen LogP contribution in [-0.4, -0.2) is 28.4 Å². The molecule has 1 aromatic heterocycles. The molecule has 28 heavy (non-hydrogen) atoms. The van der Waals surface area contributed by atoms with E-state index < -0.39 is 0 Å². The summed E-state index contributed by atoms with van der Waals surface area (Å²) in [6.07, 6.45) is 0.777. The van der Waals surface area contributed by atoms with E-state index in [1.165, 1.54) is 4.90 Å². The first-order valence-corrected chi connectivity index (χ1v) is 8.90. The molecule has 4 rings (SSSR count). The summed E-state index contributed by atoms with van der Waals surface area (Å²) in [5.74, 6) is 1.84. The third-order valence-corrected chi connectivity index (χ3v) is 4.39. The highest BCUT2D eigenvalue weighted by atomic mass is 16.1. The van der Waals surface area contributed by atoms with E-state index in [-0.39, 0.29) is 0 Å². The van der Waals surface area contributed by atoms with Crippen LogP contribution in [0.1, 0.15) is 0 Å². The fraction of sp³-hybridized carbons (Fsp3) is 0.0435. The summed E-state index contributed by atoms with van der Waals surface area (Å²) >= 11 is 0. The van der Waals surface area contributed by atoms with Crippen LogP contribution in [0.25, 0.3) is 34.2 Å². The van der Waals surface area contributed by atoms with Crippen LogP contribution in [0.4, 0.5) is 5.69 Å². The highest BCUT2D eigenvalue weighted by Gasteiger charge is 2.12. The van der Waals surface area contributed by atoms with Gasteiger partial charge in [0.05, 0.1) is 0 Å². The van der Waals surface area contributed by atoms with Gasteiger partial charge < -0.3 is 4.90 Å². The van der Waals surface area contributed by atoms with Gasteiger partial charge in [-0.1, -0.05) is 60.7 Å². The van der Waals surface area contributed by atoms with Gasteiger partial charge in [0.25, 0.3) is 0 Å². The molecule has 0 bridgehead atoms. The predicted molar refractivity (Wildman–Crippen MR) is 111 cm³/mol. The lowest BCUT2D eigenvalue weighted by Gasteiger charge is -2.11. The molecule has 1 heterocycles. The first-order chi connectivity index (χ1) is 13.7. The van der Waals surface area contributed by atoms with E-state index in [0.29, 0.717) is 17.5 Å². The number of carbonyl (C=O) groups is 1. The van der Waals surface area contributed by atoms with E-state index >= 15 is 0 Å². The molecule has 0 N–H and O–H groups in total.